The van der Waals surface area contributed by atoms with Gasteiger partial charge in [0.2, 0.25) is 5.56 Å². The molecule has 0 amide bonds. The topological polar surface area (TPSA) is 63.6 Å². The molecule has 0 bridgehead atoms. The number of aromatic amines is 1. The van der Waals surface area contributed by atoms with Crippen LogP contribution in [0.5, 0.6) is 0 Å². The molecule has 6 heteroatoms. The number of nitrogens with one attached hydrogen (secondary N) is 1. The second-order valence-corrected chi connectivity index (χ2v) is 6.86. The van der Waals surface area contributed by atoms with Gasteiger partial charge in [0.25, 0.3) is 0 Å². The molecular weight excluding hydrogens is 344 g/mol. The Kier molecular flexibility index (Phi) is 4.12. The SMILES string of the molecule is Cc1ccc(-c2nnc(C(S)c3cc(=O)[nH]c4ccccc34)n2C)cc1. The zero-order chi connectivity index (χ0) is 18.3. The number of hydrogen-bond donors (Lipinski definition) is 2. The molecule has 0 saturated heterocycles. The number of rotatable bonds is 3. The van der Waals surface area contributed by atoms with Crippen LogP contribution in [0, 0.1) is 6.92 Å². The van der Waals surface area contributed by atoms with Gasteiger partial charge in [-0.2, -0.15) is 12.6 Å². The van der Waals surface area contributed by atoms with Crippen LogP contribution in [-0.4, -0.2) is 19.7 Å². The monoisotopic (exact) mass is 362 g/mol. The van der Waals surface area contributed by atoms with Gasteiger partial charge >= 0.3 is 0 Å². The number of H-pyrrole nitrogens is 1. The Hall–Kier alpha value is -2.86. The van der Waals surface area contributed by atoms with Gasteiger partial charge < -0.3 is 9.55 Å². The van der Waals surface area contributed by atoms with Crippen molar-refractivity contribution >= 4 is 23.5 Å². The van der Waals surface area contributed by atoms with E-state index < -0.39 is 0 Å². The number of hydrogen-bond acceptors (Lipinski definition) is 4. The standard InChI is InChI=1S/C20H18N4OS/c1-12-7-9-13(10-8-12)19-22-23-20(24(19)2)18(26)15-11-17(25)21-16-6-4-3-5-14(15)16/h3-11,18,26H,1-2H3,(H,21,25). The Morgan fingerprint density at radius 3 is 2.58 bits per heavy atom. The largest absolute Gasteiger partial charge is 0.322 e. The van der Waals surface area contributed by atoms with Gasteiger partial charge in [0.15, 0.2) is 5.82 Å². The van der Waals surface area contributed by atoms with Gasteiger partial charge in [-0.25, -0.2) is 0 Å². The minimum absolute atomic E-state index is 0.154. The first-order chi connectivity index (χ1) is 12.5. The van der Waals surface area contributed by atoms with Crippen LogP contribution in [0.2, 0.25) is 0 Å². The summed E-state index contributed by atoms with van der Waals surface area (Å²) >= 11 is 4.77. The first-order valence-electron chi connectivity index (χ1n) is 8.31. The van der Waals surface area contributed by atoms with Crippen molar-refractivity contribution in [3.05, 3.63) is 81.9 Å². The van der Waals surface area contributed by atoms with Crippen molar-refractivity contribution in [3.63, 3.8) is 0 Å². The van der Waals surface area contributed by atoms with E-state index in [9.17, 15) is 4.79 Å². The van der Waals surface area contributed by atoms with Crippen LogP contribution in [0.4, 0.5) is 0 Å². The van der Waals surface area contributed by atoms with Gasteiger partial charge in [0.1, 0.15) is 5.82 Å². The lowest BCUT2D eigenvalue weighted by Crippen LogP contribution is -2.10. The molecule has 0 aliphatic carbocycles. The predicted octanol–water partition coefficient (Wildman–Crippen LogP) is 3.65. The van der Waals surface area contributed by atoms with E-state index >= 15 is 0 Å². The average molecular weight is 362 g/mol. The molecule has 2 aromatic carbocycles. The molecule has 0 aliphatic heterocycles. The smallest absolute Gasteiger partial charge is 0.248 e. The summed E-state index contributed by atoms with van der Waals surface area (Å²) in [6, 6.07) is 17.4. The van der Waals surface area contributed by atoms with Crippen LogP contribution in [0.15, 0.2) is 59.4 Å². The van der Waals surface area contributed by atoms with E-state index in [0.717, 1.165) is 27.9 Å². The molecule has 5 nitrogen and oxygen atoms in total. The van der Waals surface area contributed by atoms with E-state index in [0.29, 0.717) is 5.82 Å². The van der Waals surface area contributed by atoms with Crippen LogP contribution < -0.4 is 5.56 Å². The van der Waals surface area contributed by atoms with Crippen LogP contribution in [-0.2, 0) is 7.05 Å². The normalized spacial score (nSPS) is 12.4. The van der Waals surface area contributed by atoms with Crippen molar-refractivity contribution < 1.29 is 0 Å². The molecule has 1 unspecified atom stereocenters. The van der Waals surface area contributed by atoms with Crippen LogP contribution in [0.1, 0.15) is 22.2 Å². The highest BCUT2D eigenvalue weighted by atomic mass is 32.1. The summed E-state index contributed by atoms with van der Waals surface area (Å²) in [6.45, 7) is 2.05. The lowest BCUT2D eigenvalue weighted by molar-refractivity contribution is 0.821. The van der Waals surface area contributed by atoms with E-state index in [1.807, 2.05) is 67.1 Å². The van der Waals surface area contributed by atoms with Crippen molar-refractivity contribution in [2.45, 2.75) is 12.2 Å². The summed E-state index contributed by atoms with van der Waals surface area (Å²) in [5.41, 5.74) is 3.64. The zero-order valence-corrected chi connectivity index (χ0v) is 15.4. The minimum atomic E-state index is -0.362. The highest BCUT2D eigenvalue weighted by molar-refractivity contribution is 7.80. The summed E-state index contributed by atoms with van der Waals surface area (Å²) in [5, 5.41) is 9.28. The summed E-state index contributed by atoms with van der Waals surface area (Å²) in [4.78, 5) is 14.9. The molecule has 0 aliphatic rings. The van der Waals surface area contributed by atoms with Crippen molar-refractivity contribution in [1.82, 2.24) is 19.7 Å². The maximum absolute atomic E-state index is 12.1. The summed E-state index contributed by atoms with van der Waals surface area (Å²) in [5.74, 6) is 1.47. The fourth-order valence-corrected chi connectivity index (χ4v) is 3.57. The van der Waals surface area contributed by atoms with Crippen molar-refractivity contribution in [2.24, 2.45) is 7.05 Å². The number of pyridine rings is 1. The van der Waals surface area contributed by atoms with Gasteiger partial charge in [-0.05, 0) is 18.6 Å². The zero-order valence-electron chi connectivity index (χ0n) is 14.5. The number of nitrogens with zero attached hydrogens (tertiary/aromatic N) is 3. The van der Waals surface area contributed by atoms with E-state index in [2.05, 4.69) is 15.2 Å². The molecule has 1 N–H and O–H groups in total. The lowest BCUT2D eigenvalue weighted by atomic mass is 10.1. The molecule has 130 valence electrons. The second kappa shape index (κ2) is 6.46. The molecule has 0 spiro atoms. The molecule has 2 aromatic heterocycles. The summed E-state index contributed by atoms with van der Waals surface area (Å²) < 4.78 is 1.93. The van der Waals surface area contributed by atoms with Crippen LogP contribution >= 0.6 is 12.6 Å². The van der Waals surface area contributed by atoms with E-state index in [1.165, 1.54) is 5.56 Å². The van der Waals surface area contributed by atoms with Gasteiger partial charge in [-0.15, -0.1) is 10.2 Å². The van der Waals surface area contributed by atoms with Crippen LogP contribution in [0.25, 0.3) is 22.3 Å². The predicted molar refractivity (Wildman–Crippen MR) is 107 cm³/mol. The molecular formula is C20H18N4OS. The Labute approximate surface area is 156 Å². The van der Waals surface area contributed by atoms with Gasteiger partial charge in [-0.1, -0.05) is 48.0 Å². The lowest BCUT2D eigenvalue weighted by Gasteiger charge is -2.13. The van der Waals surface area contributed by atoms with E-state index in [1.54, 1.807) is 6.07 Å². The number of thiol groups is 1. The molecule has 0 fully saturated rings. The summed E-state index contributed by atoms with van der Waals surface area (Å²) in [6.07, 6.45) is 0. The molecule has 26 heavy (non-hydrogen) atoms. The molecule has 1 atom stereocenters. The maximum Gasteiger partial charge on any atom is 0.248 e. The number of para-hydroxylation sites is 1. The number of benzene rings is 2. The Morgan fingerprint density at radius 2 is 1.81 bits per heavy atom. The molecule has 2 heterocycles. The van der Waals surface area contributed by atoms with Gasteiger partial charge in [0, 0.05) is 29.6 Å². The van der Waals surface area contributed by atoms with Crippen molar-refractivity contribution in [2.75, 3.05) is 0 Å². The average Bonchev–Trinajstić information content (AvgIpc) is 3.02. The van der Waals surface area contributed by atoms with Gasteiger partial charge in [0.05, 0.1) is 5.25 Å². The fourth-order valence-electron chi connectivity index (χ4n) is 3.13. The Bertz CT molecular complexity index is 1140. The third kappa shape index (κ3) is 2.82. The van der Waals surface area contributed by atoms with Crippen molar-refractivity contribution in [1.29, 1.82) is 0 Å². The van der Waals surface area contributed by atoms with E-state index in [-0.39, 0.29) is 10.8 Å². The summed E-state index contributed by atoms with van der Waals surface area (Å²) in [7, 11) is 1.92. The third-order valence-corrected chi connectivity index (χ3v) is 5.05. The second-order valence-electron chi connectivity index (χ2n) is 6.34. The van der Waals surface area contributed by atoms with Crippen LogP contribution in [0.3, 0.4) is 0 Å². The minimum Gasteiger partial charge on any atom is -0.322 e. The molecule has 0 radical (unpaired) electrons. The quantitative estimate of drug-likeness (QED) is 0.547. The molecule has 4 aromatic rings. The van der Waals surface area contributed by atoms with E-state index in [4.69, 9.17) is 12.6 Å². The highest BCUT2D eigenvalue weighted by Gasteiger charge is 2.21. The first kappa shape index (κ1) is 16.6. The maximum atomic E-state index is 12.1. The van der Waals surface area contributed by atoms with Gasteiger partial charge in [-0.3, -0.25) is 4.79 Å². The number of aryl methyl sites for hydroxylation is 1. The highest BCUT2D eigenvalue weighted by Crippen LogP contribution is 2.32. The molecule has 0 saturated carbocycles. The first-order valence-corrected chi connectivity index (χ1v) is 8.82. The number of aromatic nitrogens is 4. The van der Waals surface area contributed by atoms with Crippen molar-refractivity contribution in [3.8, 4) is 11.4 Å². The number of fused-ring (bicyclic) bond motifs is 1. The fraction of sp³-hybridized carbons (Fsp3) is 0.150. The Balaban J connectivity index is 1.82. The molecule has 4 rings (SSSR count). The Morgan fingerprint density at radius 1 is 1.08 bits per heavy atom. The third-order valence-electron chi connectivity index (χ3n) is 4.54.